The summed E-state index contributed by atoms with van der Waals surface area (Å²) in [5.74, 6) is 0. The molecule has 1 aliphatic heterocycles. The summed E-state index contributed by atoms with van der Waals surface area (Å²) in [4.78, 5) is 0. The highest BCUT2D eigenvalue weighted by Crippen LogP contribution is 2.11. The molecule has 0 amide bonds. The van der Waals surface area contributed by atoms with Crippen molar-refractivity contribution in [1.29, 1.82) is 0 Å². The van der Waals surface area contributed by atoms with Crippen molar-refractivity contribution in [3.63, 3.8) is 0 Å². The number of rotatable bonds is 4. The Hall–Kier alpha value is -0.340. The Kier molecular flexibility index (Phi) is 4.24. The standard InChI is InChI=1S/C9H17NO/c1-2-6-10-8-9-5-3-4-7-11-9/h2,9-10H,1,3-8H2. The van der Waals surface area contributed by atoms with Gasteiger partial charge < -0.3 is 10.1 Å². The summed E-state index contributed by atoms with van der Waals surface area (Å²) in [5.41, 5.74) is 0. The summed E-state index contributed by atoms with van der Waals surface area (Å²) >= 11 is 0. The van der Waals surface area contributed by atoms with Gasteiger partial charge in [0.25, 0.3) is 0 Å². The topological polar surface area (TPSA) is 21.3 Å². The molecule has 2 heteroatoms. The normalized spacial score (nSPS) is 24.9. The molecular weight excluding hydrogens is 138 g/mol. The molecule has 1 atom stereocenters. The molecule has 0 bridgehead atoms. The monoisotopic (exact) mass is 155 g/mol. The van der Waals surface area contributed by atoms with Gasteiger partial charge in [-0.1, -0.05) is 6.08 Å². The van der Waals surface area contributed by atoms with Gasteiger partial charge in [0, 0.05) is 19.7 Å². The fraction of sp³-hybridized carbons (Fsp3) is 0.778. The Labute approximate surface area is 68.6 Å². The molecule has 0 aromatic rings. The van der Waals surface area contributed by atoms with E-state index in [4.69, 9.17) is 4.74 Å². The lowest BCUT2D eigenvalue weighted by Crippen LogP contribution is -2.31. The van der Waals surface area contributed by atoms with Crippen LogP contribution in [0.2, 0.25) is 0 Å². The van der Waals surface area contributed by atoms with Crippen LogP contribution in [0, 0.1) is 0 Å². The number of ether oxygens (including phenoxy) is 1. The number of nitrogens with one attached hydrogen (secondary N) is 1. The summed E-state index contributed by atoms with van der Waals surface area (Å²) in [7, 11) is 0. The van der Waals surface area contributed by atoms with E-state index in [0.717, 1.165) is 19.7 Å². The van der Waals surface area contributed by atoms with Crippen LogP contribution in [-0.2, 0) is 4.74 Å². The van der Waals surface area contributed by atoms with Crippen LogP contribution in [-0.4, -0.2) is 25.8 Å². The SMILES string of the molecule is C=CCNCC1CCCCO1. The van der Waals surface area contributed by atoms with E-state index in [-0.39, 0.29) is 0 Å². The van der Waals surface area contributed by atoms with Gasteiger partial charge in [-0.2, -0.15) is 0 Å². The summed E-state index contributed by atoms with van der Waals surface area (Å²) in [6, 6.07) is 0. The van der Waals surface area contributed by atoms with E-state index >= 15 is 0 Å². The Bertz CT molecular complexity index is 108. The molecule has 1 N–H and O–H groups in total. The molecule has 0 spiro atoms. The minimum atomic E-state index is 0.448. The first-order valence-corrected chi connectivity index (χ1v) is 4.36. The van der Waals surface area contributed by atoms with E-state index < -0.39 is 0 Å². The van der Waals surface area contributed by atoms with Gasteiger partial charge in [0.15, 0.2) is 0 Å². The van der Waals surface area contributed by atoms with Crippen molar-refractivity contribution >= 4 is 0 Å². The summed E-state index contributed by atoms with van der Waals surface area (Å²) in [6.45, 7) is 6.45. The third-order valence-electron chi connectivity index (χ3n) is 1.93. The first-order valence-electron chi connectivity index (χ1n) is 4.36. The van der Waals surface area contributed by atoms with Crippen molar-refractivity contribution in [1.82, 2.24) is 5.32 Å². The minimum absolute atomic E-state index is 0.448. The molecule has 2 nitrogen and oxygen atoms in total. The van der Waals surface area contributed by atoms with Crippen LogP contribution in [0.3, 0.4) is 0 Å². The third-order valence-corrected chi connectivity index (χ3v) is 1.93. The molecule has 1 unspecified atom stereocenters. The van der Waals surface area contributed by atoms with Crippen LogP contribution in [0.5, 0.6) is 0 Å². The highest BCUT2D eigenvalue weighted by Gasteiger charge is 2.11. The van der Waals surface area contributed by atoms with Gasteiger partial charge in [0.2, 0.25) is 0 Å². The fourth-order valence-corrected chi connectivity index (χ4v) is 1.31. The lowest BCUT2D eigenvalue weighted by molar-refractivity contribution is 0.0175. The zero-order valence-corrected chi connectivity index (χ0v) is 7.01. The second-order valence-corrected chi connectivity index (χ2v) is 2.94. The van der Waals surface area contributed by atoms with Crippen LogP contribution >= 0.6 is 0 Å². The molecule has 1 aliphatic rings. The van der Waals surface area contributed by atoms with E-state index in [9.17, 15) is 0 Å². The first kappa shape index (κ1) is 8.75. The Morgan fingerprint density at radius 2 is 2.45 bits per heavy atom. The van der Waals surface area contributed by atoms with Crippen molar-refractivity contribution in [2.75, 3.05) is 19.7 Å². The van der Waals surface area contributed by atoms with Gasteiger partial charge in [-0.25, -0.2) is 0 Å². The fourth-order valence-electron chi connectivity index (χ4n) is 1.31. The predicted molar refractivity (Wildman–Crippen MR) is 46.7 cm³/mol. The lowest BCUT2D eigenvalue weighted by atomic mass is 10.1. The third kappa shape index (κ3) is 3.54. The second kappa shape index (κ2) is 5.33. The van der Waals surface area contributed by atoms with Gasteiger partial charge in [0.1, 0.15) is 0 Å². The van der Waals surface area contributed by atoms with Crippen molar-refractivity contribution in [3.8, 4) is 0 Å². The molecule has 0 aromatic carbocycles. The zero-order valence-electron chi connectivity index (χ0n) is 7.01. The van der Waals surface area contributed by atoms with E-state index in [0.29, 0.717) is 6.10 Å². The molecule has 0 saturated carbocycles. The van der Waals surface area contributed by atoms with Crippen LogP contribution in [0.15, 0.2) is 12.7 Å². The minimum Gasteiger partial charge on any atom is -0.377 e. The van der Waals surface area contributed by atoms with E-state index in [2.05, 4.69) is 11.9 Å². The van der Waals surface area contributed by atoms with Crippen LogP contribution in [0.4, 0.5) is 0 Å². The lowest BCUT2D eigenvalue weighted by Gasteiger charge is -2.22. The molecule has 0 radical (unpaired) electrons. The Morgan fingerprint density at radius 1 is 1.55 bits per heavy atom. The molecule has 64 valence electrons. The molecule has 0 aliphatic carbocycles. The van der Waals surface area contributed by atoms with Gasteiger partial charge in [-0.05, 0) is 19.3 Å². The summed E-state index contributed by atoms with van der Waals surface area (Å²) in [5, 5.41) is 3.26. The quantitative estimate of drug-likeness (QED) is 0.488. The van der Waals surface area contributed by atoms with Crippen LogP contribution in [0.25, 0.3) is 0 Å². The van der Waals surface area contributed by atoms with Crippen molar-refractivity contribution in [2.24, 2.45) is 0 Å². The largest absolute Gasteiger partial charge is 0.377 e. The van der Waals surface area contributed by atoms with Crippen molar-refractivity contribution in [2.45, 2.75) is 25.4 Å². The smallest absolute Gasteiger partial charge is 0.0699 e. The predicted octanol–water partition coefficient (Wildman–Crippen LogP) is 1.33. The van der Waals surface area contributed by atoms with Gasteiger partial charge in [-0.15, -0.1) is 6.58 Å². The maximum absolute atomic E-state index is 5.53. The molecular formula is C9H17NO. The van der Waals surface area contributed by atoms with Gasteiger partial charge in [0.05, 0.1) is 6.10 Å². The highest BCUT2D eigenvalue weighted by atomic mass is 16.5. The van der Waals surface area contributed by atoms with Gasteiger partial charge >= 0.3 is 0 Å². The molecule has 11 heavy (non-hydrogen) atoms. The van der Waals surface area contributed by atoms with E-state index in [1.807, 2.05) is 6.08 Å². The first-order chi connectivity index (χ1) is 5.43. The van der Waals surface area contributed by atoms with Crippen molar-refractivity contribution < 1.29 is 4.74 Å². The Morgan fingerprint density at radius 3 is 3.09 bits per heavy atom. The maximum Gasteiger partial charge on any atom is 0.0699 e. The summed E-state index contributed by atoms with van der Waals surface area (Å²) in [6.07, 6.45) is 6.09. The molecule has 0 aromatic heterocycles. The number of hydrogen-bond donors (Lipinski definition) is 1. The van der Waals surface area contributed by atoms with Gasteiger partial charge in [-0.3, -0.25) is 0 Å². The highest BCUT2D eigenvalue weighted by molar-refractivity contribution is 4.72. The summed E-state index contributed by atoms with van der Waals surface area (Å²) < 4.78 is 5.53. The molecule has 1 heterocycles. The van der Waals surface area contributed by atoms with Crippen LogP contribution in [0.1, 0.15) is 19.3 Å². The average molecular weight is 155 g/mol. The number of hydrogen-bond acceptors (Lipinski definition) is 2. The second-order valence-electron chi connectivity index (χ2n) is 2.94. The van der Waals surface area contributed by atoms with Crippen molar-refractivity contribution in [3.05, 3.63) is 12.7 Å². The van der Waals surface area contributed by atoms with Crippen LogP contribution < -0.4 is 5.32 Å². The maximum atomic E-state index is 5.53. The molecule has 1 rings (SSSR count). The molecule has 1 saturated heterocycles. The molecule has 1 fully saturated rings. The Balaban J connectivity index is 2.00. The van der Waals surface area contributed by atoms with E-state index in [1.54, 1.807) is 0 Å². The zero-order chi connectivity index (χ0) is 7.94. The average Bonchev–Trinajstić information content (AvgIpc) is 2.07. The van der Waals surface area contributed by atoms with E-state index in [1.165, 1.54) is 19.3 Å².